The van der Waals surface area contributed by atoms with E-state index in [2.05, 4.69) is 10.6 Å². The highest BCUT2D eigenvalue weighted by Gasteiger charge is 2.16. The van der Waals surface area contributed by atoms with E-state index in [0.717, 1.165) is 4.90 Å². The summed E-state index contributed by atoms with van der Waals surface area (Å²) in [5.74, 6) is -0.718. The van der Waals surface area contributed by atoms with E-state index in [0.29, 0.717) is 38.2 Å². The minimum absolute atomic E-state index is 0.0103. The quantitative estimate of drug-likeness (QED) is 0.173. The van der Waals surface area contributed by atoms with Gasteiger partial charge in [-0.1, -0.05) is 65.7 Å². The van der Waals surface area contributed by atoms with Crippen LogP contribution in [0.1, 0.15) is 21.5 Å². The van der Waals surface area contributed by atoms with Gasteiger partial charge in [0.1, 0.15) is 11.5 Å². The topological polar surface area (TPSA) is 58.2 Å². The van der Waals surface area contributed by atoms with Gasteiger partial charge < -0.3 is 10.6 Å². The highest BCUT2D eigenvalue weighted by atomic mass is 35.5. The van der Waals surface area contributed by atoms with E-state index in [1.54, 1.807) is 78.9 Å². The maximum atomic E-state index is 13.9. The Morgan fingerprint density at radius 3 is 2.27 bits per heavy atom. The zero-order valence-corrected chi connectivity index (χ0v) is 21.7. The van der Waals surface area contributed by atoms with Crippen LogP contribution in [0.5, 0.6) is 0 Å². The Balaban J connectivity index is 1.50. The Hall–Kier alpha value is -3.58. The van der Waals surface area contributed by atoms with E-state index in [4.69, 9.17) is 23.2 Å². The van der Waals surface area contributed by atoms with Crippen LogP contribution in [-0.2, 0) is 10.5 Å². The van der Waals surface area contributed by atoms with Crippen molar-refractivity contribution in [3.63, 3.8) is 0 Å². The van der Waals surface area contributed by atoms with Gasteiger partial charge in [0.25, 0.3) is 11.8 Å². The van der Waals surface area contributed by atoms with Crippen molar-refractivity contribution in [1.82, 2.24) is 5.32 Å². The fraction of sp³-hybridized carbons (Fsp3) is 0.0345. The zero-order valence-electron chi connectivity index (χ0n) is 19.4. The average Bonchev–Trinajstić information content (AvgIpc) is 2.90. The summed E-state index contributed by atoms with van der Waals surface area (Å²) in [4.78, 5) is 26.9. The van der Waals surface area contributed by atoms with Crippen molar-refractivity contribution < 1.29 is 14.0 Å². The molecule has 0 bridgehead atoms. The molecule has 0 atom stereocenters. The van der Waals surface area contributed by atoms with E-state index >= 15 is 0 Å². The first-order chi connectivity index (χ1) is 17.9. The summed E-state index contributed by atoms with van der Waals surface area (Å²) in [6.07, 6.45) is 1.49. The number of hydrogen-bond acceptors (Lipinski definition) is 3. The number of thioether (sulfide) groups is 1. The second kappa shape index (κ2) is 12.6. The Bertz CT molecular complexity index is 1440. The summed E-state index contributed by atoms with van der Waals surface area (Å²) in [5.41, 5.74) is 2.08. The standard InChI is InChI=1S/C29H21Cl2FN2O2S/c30-22-11-10-20(25(31)17-22)16-27(34-28(35)19-6-2-1-3-7-19)29(36)33-23-12-14-24(15-13-23)37-18-21-8-4-5-9-26(21)32/h1-17H,18H2,(H,33,36)(H,34,35)/b27-16-. The highest BCUT2D eigenvalue weighted by molar-refractivity contribution is 7.98. The number of halogens is 3. The molecule has 0 aliphatic heterocycles. The van der Waals surface area contributed by atoms with Crippen LogP contribution in [-0.4, -0.2) is 11.8 Å². The van der Waals surface area contributed by atoms with Crippen LogP contribution in [0.4, 0.5) is 10.1 Å². The van der Waals surface area contributed by atoms with Gasteiger partial charge in [0.05, 0.1) is 0 Å². The number of rotatable bonds is 8. The Morgan fingerprint density at radius 1 is 0.865 bits per heavy atom. The monoisotopic (exact) mass is 550 g/mol. The Labute approximate surface area is 228 Å². The predicted molar refractivity (Wildman–Crippen MR) is 149 cm³/mol. The molecule has 8 heteroatoms. The largest absolute Gasteiger partial charge is 0.321 e. The van der Waals surface area contributed by atoms with Crippen LogP contribution in [0.15, 0.2) is 108 Å². The van der Waals surface area contributed by atoms with Gasteiger partial charge in [-0.2, -0.15) is 0 Å². The molecule has 0 aromatic heterocycles. The van der Waals surface area contributed by atoms with Crippen molar-refractivity contribution in [2.45, 2.75) is 10.6 Å². The van der Waals surface area contributed by atoms with Gasteiger partial charge in [-0.05, 0) is 71.8 Å². The summed E-state index contributed by atoms with van der Waals surface area (Å²) >= 11 is 13.8. The lowest BCUT2D eigenvalue weighted by Gasteiger charge is -2.12. The molecule has 186 valence electrons. The minimum atomic E-state index is -0.526. The number of carbonyl (C=O) groups is 2. The molecule has 0 fully saturated rings. The van der Waals surface area contributed by atoms with Gasteiger partial charge in [-0.25, -0.2) is 4.39 Å². The maximum absolute atomic E-state index is 13.9. The molecule has 37 heavy (non-hydrogen) atoms. The van der Waals surface area contributed by atoms with Crippen molar-refractivity contribution in [3.8, 4) is 0 Å². The van der Waals surface area contributed by atoms with Gasteiger partial charge in [0, 0.05) is 31.9 Å². The number of carbonyl (C=O) groups excluding carboxylic acids is 2. The first-order valence-electron chi connectivity index (χ1n) is 11.2. The van der Waals surface area contributed by atoms with E-state index < -0.39 is 11.8 Å². The Morgan fingerprint density at radius 2 is 1.57 bits per heavy atom. The van der Waals surface area contributed by atoms with Crippen molar-refractivity contribution in [2.75, 3.05) is 5.32 Å². The SMILES string of the molecule is O=C(Nc1ccc(SCc2ccccc2F)cc1)/C(=C/c1ccc(Cl)cc1Cl)NC(=O)c1ccccc1. The summed E-state index contributed by atoms with van der Waals surface area (Å²) < 4.78 is 13.9. The van der Waals surface area contributed by atoms with Crippen molar-refractivity contribution in [3.05, 3.63) is 135 Å². The van der Waals surface area contributed by atoms with Crippen LogP contribution in [0.2, 0.25) is 10.0 Å². The third-order valence-electron chi connectivity index (χ3n) is 5.26. The fourth-order valence-corrected chi connectivity index (χ4v) is 4.67. The molecule has 0 saturated carbocycles. The summed E-state index contributed by atoms with van der Waals surface area (Å²) in [5, 5.41) is 6.27. The van der Waals surface area contributed by atoms with E-state index in [1.807, 2.05) is 12.1 Å². The molecule has 4 aromatic carbocycles. The van der Waals surface area contributed by atoms with Crippen LogP contribution < -0.4 is 10.6 Å². The zero-order chi connectivity index (χ0) is 26.2. The van der Waals surface area contributed by atoms with E-state index in [1.165, 1.54) is 23.9 Å². The number of benzene rings is 4. The molecule has 4 rings (SSSR count). The smallest absolute Gasteiger partial charge is 0.272 e. The molecule has 2 amide bonds. The third-order valence-corrected chi connectivity index (χ3v) is 6.88. The first-order valence-corrected chi connectivity index (χ1v) is 12.9. The summed E-state index contributed by atoms with van der Waals surface area (Å²) in [7, 11) is 0. The average molecular weight is 551 g/mol. The molecule has 0 saturated heterocycles. The lowest BCUT2D eigenvalue weighted by atomic mass is 10.1. The van der Waals surface area contributed by atoms with Crippen LogP contribution in [0.3, 0.4) is 0 Å². The number of nitrogens with one attached hydrogen (secondary N) is 2. The first kappa shape index (κ1) is 26.5. The Kier molecular flexibility index (Phi) is 9.01. The molecule has 0 aliphatic rings. The van der Waals surface area contributed by atoms with Gasteiger partial charge >= 0.3 is 0 Å². The number of anilines is 1. The lowest BCUT2D eigenvalue weighted by Crippen LogP contribution is -2.30. The predicted octanol–water partition coefficient (Wildman–Crippen LogP) is 7.83. The number of amides is 2. The lowest BCUT2D eigenvalue weighted by molar-refractivity contribution is -0.113. The molecule has 0 aliphatic carbocycles. The van der Waals surface area contributed by atoms with Crippen LogP contribution in [0.25, 0.3) is 6.08 Å². The normalized spacial score (nSPS) is 11.2. The molecule has 2 N–H and O–H groups in total. The van der Waals surface area contributed by atoms with Gasteiger partial charge in [-0.3, -0.25) is 9.59 Å². The molecular formula is C29H21Cl2FN2O2S. The molecule has 4 aromatic rings. The summed E-state index contributed by atoms with van der Waals surface area (Å²) in [6, 6.07) is 27.2. The fourth-order valence-electron chi connectivity index (χ4n) is 3.33. The van der Waals surface area contributed by atoms with E-state index in [-0.39, 0.29) is 11.5 Å². The molecule has 0 unspecified atom stereocenters. The van der Waals surface area contributed by atoms with E-state index in [9.17, 15) is 14.0 Å². The molecule has 0 heterocycles. The van der Waals surface area contributed by atoms with Crippen molar-refractivity contribution in [1.29, 1.82) is 0 Å². The highest BCUT2D eigenvalue weighted by Crippen LogP contribution is 2.26. The van der Waals surface area contributed by atoms with Crippen molar-refractivity contribution >= 4 is 58.5 Å². The third kappa shape index (κ3) is 7.46. The molecule has 0 radical (unpaired) electrons. The van der Waals surface area contributed by atoms with Gasteiger partial charge in [0.2, 0.25) is 0 Å². The van der Waals surface area contributed by atoms with Gasteiger partial charge in [0.15, 0.2) is 0 Å². The van der Waals surface area contributed by atoms with Crippen LogP contribution in [0, 0.1) is 5.82 Å². The minimum Gasteiger partial charge on any atom is -0.321 e. The van der Waals surface area contributed by atoms with Crippen LogP contribution >= 0.6 is 35.0 Å². The summed E-state index contributed by atoms with van der Waals surface area (Å²) in [6.45, 7) is 0. The second-order valence-electron chi connectivity index (χ2n) is 7.90. The number of hydrogen-bond donors (Lipinski definition) is 2. The van der Waals surface area contributed by atoms with Gasteiger partial charge in [-0.15, -0.1) is 11.8 Å². The maximum Gasteiger partial charge on any atom is 0.272 e. The second-order valence-corrected chi connectivity index (χ2v) is 9.79. The molecule has 0 spiro atoms. The van der Waals surface area contributed by atoms with Crippen molar-refractivity contribution in [2.24, 2.45) is 0 Å². The molecule has 4 nitrogen and oxygen atoms in total. The molecular weight excluding hydrogens is 530 g/mol.